The van der Waals surface area contributed by atoms with E-state index in [-0.39, 0.29) is 22.4 Å². The lowest BCUT2D eigenvalue weighted by Crippen LogP contribution is -2.33. The molecule has 0 aromatic heterocycles. The molecule has 2 amide bonds. The Labute approximate surface area is 210 Å². The molecule has 0 saturated carbocycles. The minimum Gasteiger partial charge on any atom is -0.326 e. The minimum atomic E-state index is -4.08. The van der Waals surface area contributed by atoms with Gasteiger partial charge >= 0.3 is 0 Å². The zero-order valence-corrected chi connectivity index (χ0v) is 21.2. The molecule has 1 atom stereocenters. The van der Waals surface area contributed by atoms with Gasteiger partial charge in [0.05, 0.1) is 10.6 Å². The van der Waals surface area contributed by atoms with Crippen LogP contribution in [0.1, 0.15) is 12.0 Å². The summed E-state index contributed by atoms with van der Waals surface area (Å²) in [6.45, 7) is 1.95. The van der Waals surface area contributed by atoms with Gasteiger partial charge in [0, 0.05) is 16.6 Å². The lowest BCUT2D eigenvalue weighted by molar-refractivity contribution is -0.121. The lowest BCUT2D eigenvalue weighted by Gasteiger charge is -2.16. The van der Waals surface area contributed by atoms with E-state index in [0.29, 0.717) is 11.4 Å². The normalized spacial score (nSPS) is 17.2. The van der Waals surface area contributed by atoms with E-state index < -0.39 is 21.2 Å². The molecule has 1 heterocycles. The van der Waals surface area contributed by atoms with E-state index in [9.17, 15) is 18.0 Å². The number of carbonyl (C=O) groups excluding carboxylic acids is 2. The van der Waals surface area contributed by atoms with Crippen LogP contribution in [0.25, 0.3) is 0 Å². The van der Waals surface area contributed by atoms with Crippen LogP contribution in [0.2, 0.25) is 0 Å². The first kappa shape index (κ1) is 24.2. The van der Waals surface area contributed by atoms with E-state index in [0.717, 1.165) is 21.8 Å². The second-order valence-electron chi connectivity index (χ2n) is 7.54. The first-order valence-corrected chi connectivity index (χ1v) is 13.4. The van der Waals surface area contributed by atoms with Crippen LogP contribution in [-0.4, -0.2) is 30.6 Å². The van der Waals surface area contributed by atoms with Crippen molar-refractivity contribution >= 4 is 66.1 Å². The van der Waals surface area contributed by atoms with Gasteiger partial charge in [-0.2, -0.15) is 8.42 Å². The number of thioether (sulfide) groups is 1. The predicted octanol–water partition coefficient (Wildman–Crippen LogP) is 4.98. The number of amides is 2. The molecule has 3 aromatic rings. The second kappa shape index (κ2) is 10.1. The summed E-state index contributed by atoms with van der Waals surface area (Å²) in [7, 11) is -4.08. The maximum absolute atomic E-state index is 13.3. The number of benzene rings is 3. The van der Waals surface area contributed by atoms with Crippen LogP contribution in [0.3, 0.4) is 0 Å². The fraction of sp³-hybridized carbons (Fsp3) is 0.125. The molecule has 0 aliphatic carbocycles. The number of nitrogens with zero attached hydrogens (tertiary/aromatic N) is 2. The summed E-state index contributed by atoms with van der Waals surface area (Å²) in [6, 6.07) is 22.0. The number of hydrogen-bond acceptors (Lipinski definition) is 5. The fourth-order valence-corrected chi connectivity index (χ4v) is 5.85. The third kappa shape index (κ3) is 5.57. The number of halogens is 1. The number of amidine groups is 1. The topological polar surface area (TPSA) is 95.9 Å². The van der Waals surface area contributed by atoms with Gasteiger partial charge in [-0.25, -0.2) is 0 Å². The molecule has 7 nitrogen and oxygen atoms in total. The van der Waals surface area contributed by atoms with Crippen molar-refractivity contribution in [3.8, 4) is 0 Å². The van der Waals surface area contributed by atoms with Crippen LogP contribution < -0.4 is 10.2 Å². The van der Waals surface area contributed by atoms with Gasteiger partial charge in [-0.1, -0.05) is 63.6 Å². The molecular formula is C24H20BrN3O4S2. The summed E-state index contributed by atoms with van der Waals surface area (Å²) in [6.07, 6.45) is -0.127. The molecule has 0 bridgehead atoms. The van der Waals surface area contributed by atoms with Gasteiger partial charge < -0.3 is 5.32 Å². The fourth-order valence-electron chi connectivity index (χ4n) is 3.25. The monoisotopic (exact) mass is 557 g/mol. The molecular weight excluding hydrogens is 538 g/mol. The van der Waals surface area contributed by atoms with Gasteiger partial charge in [-0.05, 0) is 55.5 Å². The van der Waals surface area contributed by atoms with Gasteiger partial charge in [0.2, 0.25) is 11.8 Å². The highest BCUT2D eigenvalue weighted by Crippen LogP contribution is 2.35. The van der Waals surface area contributed by atoms with Gasteiger partial charge in [-0.15, -0.1) is 4.40 Å². The number of aryl methyl sites for hydroxylation is 1. The molecule has 1 saturated heterocycles. The lowest BCUT2D eigenvalue weighted by atomic mass is 10.2. The molecule has 1 aliphatic heterocycles. The van der Waals surface area contributed by atoms with Crippen molar-refractivity contribution in [2.24, 2.45) is 4.40 Å². The zero-order valence-electron chi connectivity index (χ0n) is 18.0. The smallest absolute Gasteiger partial charge is 0.284 e. The van der Waals surface area contributed by atoms with Gasteiger partial charge in [0.15, 0.2) is 5.17 Å². The number of nitrogens with one attached hydrogen (secondary N) is 1. The van der Waals surface area contributed by atoms with E-state index in [2.05, 4.69) is 25.6 Å². The van der Waals surface area contributed by atoms with Crippen molar-refractivity contribution in [3.63, 3.8) is 0 Å². The molecule has 0 spiro atoms. The third-order valence-corrected chi connectivity index (χ3v) is 8.03. The standard InChI is InChI=1S/C24H20BrN3O4S2/c1-16-7-11-18(12-8-16)26-22(29)15-21-23(30)28(19-5-3-2-4-6-19)24(33-21)27-34(31,32)20-13-9-17(25)10-14-20/h2-14,21H,15H2,1H3,(H,26,29)/t21-/m1/s1. The predicted molar refractivity (Wildman–Crippen MR) is 138 cm³/mol. The van der Waals surface area contributed by atoms with Crippen molar-refractivity contribution in [1.29, 1.82) is 0 Å². The summed E-state index contributed by atoms with van der Waals surface area (Å²) < 4.78 is 30.6. The molecule has 4 rings (SSSR count). The number of para-hydroxylation sites is 1. The van der Waals surface area contributed by atoms with Gasteiger partial charge in [0.1, 0.15) is 5.25 Å². The number of sulfonamides is 1. The Morgan fingerprint density at radius 1 is 1.03 bits per heavy atom. The van der Waals surface area contributed by atoms with Crippen molar-refractivity contribution in [3.05, 3.63) is 88.9 Å². The first-order valence-electron chi connectivity index (χ1n) is 10.3. The summed E-state index contributed by atoms with van der Waals surface area (Å²) in [4.78, 5) is 27.1. The van der Waals surface area contributed by atoms with E-state index in [1.807, 2.05) is 19.1 Å². The maximum Gasteiger partial charge on any atom is 0.284 e. The Morgan fingerprint density at radius 2 is 1.68 bits per heavy atom. The van der Waals surface area contributed by atoms with Gasteiger partial charge in [-0.3, -0.25) is 14.5 Å². The molecule has 3 aromatic carbocycles. The van der Waals surface area contributed by atoms with Gasteiger partial charge in [0.25, 0.3) is 10.0 Å². The second-order valence-corrected chi connectivity index (χ2v) is 11.2. The van der Waals surface area contributed by atoms with E-state index in [4.69, 9.17) is 0 Å². The highest BCUT2D eigenvalue weighted by atomic mass is 79.9. The van der Waals surface area contributed by atoms with Crippen molar-refractivity contribution in [1.82, 2.24) is 0 Å². The van der Waals surface area contributed by atoms with Crippen LogP contribution in [-0.2, 0) is 19.6 Å². The molecule has 0 unspecified atom stereocenters. The average molecular weight is 558 g/mol. The molecule has 0 radical (unpaired) electrons. The Hall–Kier alpha value is -2.95. The number of hydrogen-bond donors (Lipinski definition) is 1. The Kier molecular flexibility index (Phi) is 7.20. The summed E-state index contributed by atoms with van der Waals surface area (Å²) in [5.41, 5.74) is 2.16. The maximum atomic E-state index is 13.3. The van der Waals surface area contributed by atoms with E-state index in [1.54, 1.807) is 54.6 Å². The number of carbonyl (C=O) groups is 2. The average Bonchev–Trinajstić information content (AvgIpc) is 3.10. The largest absolute Gasteiger partial charge is 0.326 e. The van der Waals surface area contributed by atoms with Crippen LogP contribution >= 0.6 is 27.7 Å². The molecule has 1 N–H and O–H groups in total. The molecule has 1 fully saturated rings. The van der Waals surface area contributed by atoms with Crippen LogP contribution in [0.5, 0.6) is 0 Å². The first-order chi connectivity index (χ1) is 16.2. The quantitative estimate of drug-likeness (QED) is 0.461. The summed E-state index contributed by atoms with van der Waals surface area (Å²) >= 11 is 4.25. The van der Waals surface area contributed by atoms with Crippen LogP contribution in [0, 0.1) is 6.92 Å². The zero-order chi connectivity index (χ0) is 24.3. The summed E-state index contributed by atoms with van der Waals surface area (Å²) in [5.74, 6) is -0.750. The SMILES string of the molecule is Cc1ccc(NC(=O)C[C@H]2SC(=NS(=O)(=O)c3ccc(Br)cc3)N(c3ccccc3)C2=O)cc1. The van der Waals surface area contributed by atoms with E-state index in [1.165, 1.54) is 17.0 Å². The number of anilines is 2. The highest BCUT2D eigenvalue weighted by Gasteiger charge is 2.41. The Morgan fingerprint density at radius 3 is 2.32 bits per heavy atom. The van der Waals surface area contributed by atoms with Crippen LogP contribution in [0.15, 0.2) is 92.6 Å². The minimum absolute atomic E-state index is 0.00447. The Bertz CT molecular complexity index is 1340. The summed E-state index contributed by atoms with van der Waals surface area (Å²) in [5, 5.41) is 1.97. The van der Waals surface area contributed by atoms with Crippen LogP contribution in [0.4, 0.5) is 11.4 Å². The van der Waals surface area contributed by atoms with Crippen molar-refractivity contribution in [2.45, 2.75) is 23.5 Å². The molecule has 174 valence electrons. The Balaban J connectivity index is 1.61. The highest BCUT2D eigenvalue weighted by molar-refractivity contribution is 9.10. The molecule has 34 heavy (non-hydrogen) atoms. The van der Waals surface area contributed by atoms with E-state index >= 15 is 0 Å². The molecule has 1 aliphatic rings. The third-order valence-electron chi connectivity index (χ3n) is 4.97. The molecule has 10 heteroatoms. The number of rotatable bonds is 6. The van der Waals surface area contributed by atoms with Crippen molar-refractivity contribution < 1.29 is 18.0 Å². The van der Waals surface area contributed by atoms with Crippen molar-refractivity contribution in [2.75, 3.05) is 10.2 Å².